The Hall–Kier alpha value is -0.640. The van der Waals surface area contributed by atoms with Crippen LogP contribution in [0.4, 0.5) is 0 Å². The standard InChI is InChI=1S/C28H52O16/c1-33-20-17(32)14(8-11-29)40-27(23(20)36-4)43-19-16(10-13-31)42-28(25(38-6)22(19)35-3)44-18-15(9-12-30)41-26(39-7)24(37-5)21(18)34-2/h14-32H,8-13H2,1-7H3/t14?,15?,16?,17-,18-,19-,20+,21+,22+,23?,24?,25?,26+,27+,28-/m0/s1. The lowest BCUT2D eigenvalue weighted by Crippen LogP contribution is -2.67. The van der Waals surface area contributed by atoms with Crippen molar-refractivity contribution in [3.05, 3.63) is 0 Å². The molecule has 16 heteroatoms. The molecule has 0 aliphatic carbocycles. The first-order chi connectivity index (χ1) is 21.3. The van der Waals surface area contributed by atoms with E-state index in [1.54, 1.807) is 0 Å². The molecule has 0 aromatic rings. The average Bonchev–Trinajstić information content (AvgIpc) is 3.03. The molecule has 0 saturated carbocycles. The average molecular weight is 645 g/mol. The molecule has 3 aliphatic heterocycles. The fourth-order valence-electron chi connectivity index (χ4n) is 6.33. The van der Waals surface area contributed by atoms with Crippen LogP contribution in [0.2, 0.25) is 0 Å². The highest BCUT2D eigenvalue weighted by Gasteiger charge is 2.55. The van der Waals surface area contributed by atoms with Crippen LogP contribution in [-0.4, -0.2) is 182 Å². The summed E-state index contributed by atoms with van der Waals surface area (Å²) in [6.45, 7) is -0.666. The van der Waals surface area contributed by atoms with E-state index in [9.17, 15) is 20.4 Å². The monoisotopic (exact) mass is 644 g/mol. The molecule has 16 nitrogen and oxygen atoms in total. The van der Waals surface area contributed by atoms with E-state index in [2.05, 4.69) is 0 Å². The van der Waals surface area contributed by atoms with Crippen LogP contribution in [0.25, 0.3) is 0 Å². The van der Waals surface area contributed by atoms with Gasteiger partial charge < -0.3 is 77.3 Å². The summed E-state index contributed by atoms with van der Waals surface area (Å²) in [6.07, 6.45) is -12.1. The van der Waals surface area contributed by atoms with E-state index in [1.807, 2.05) is 0 Å². The lowest BCUT2D eigenvalue weighted by atomic mass is 9.93. The van der Waals surface area contributed by atoms with Crippen molar-refractivity contribution >= 4 is 0 Å². The maximum atomic E-state index is 10.8. The van der Waals surface area contributed by atoms with Crippen LogP contribution in [0, 0.1) is 0 Å². The van der Waals surface area contributed by atoms with E-state index >= 15 is 0 Å². The van der Waals surface area contributed by atoms with E-state index in [-0.39, 0.29) is 39.1 Å². The van der Waals surface area contributed by atoms with Gasteiger partial charge in [-0.05, 0) is 19.3 Å². The fraction of sp³-hybridized carbons (Fsp3) is 1.00. The molecule has 3 heterocycles. The van der Waals surface area contributed by atoms with Crippen molar-refractivity contribution in [3.8, 4) is 0 Å². The summed E-state index contributed by atoms with van der Waals surface area (Å²) in [6, 6.07) is 0. The van der Waals surface area contributed by atoms with Gasteiger partial charge in [0.15, 0.2) is 18.9 Å². The van der Waals surface area contributed by atoms with Gasteiger partial charge in [-0.1, -0.05) is 0 Å². The first-order valence-electron chi connectivity index (χ1n) is 14.8. The Balaban J connectivity index is 1.91. The van der Waals surface area contributed by atoms with E-state index in [0.29, 0.717) is 0 Å². The Kier molecular flexibility index (Phi) is 16.0. The summed E-state index contributed by atoms with van der Waals surface area (Å²) in [7, 11) is 10.3. The van der Waals surface area contributed by atoms with E-state index in [1.165, 1.54) is 49.8 Å². The number of methoxy groups -OCH3 is 7. The van der Waals surface area contributed by atoms with Crippen LogP contribution in [0.3, 0.4) is 0 Å². The molecule has 3 fully saturated rings. The molecule has 0 bridgehead atoms. The Morgan fingerprint density at radius 2 is 0.750 bits per heavy atom. The second kappa shape index (κ2) is 18.6. The van der Waals surface area contributed by atoms with Gasteiger partial charge in [-0.25, -0.2) is 0 Å². The molecule has 3 saturated heterocycles. The molecule has 0 amide bonds. The van der Waals surface area contributed by atoms with Crippen LogP contribution < -0.4 is 0 Å². The highest BCUT2D eigenvalue weighted by atomic mass is 16.8. The number of hydrogen-bond donors (Lipinski definition) is 4. The molecule has 260 valence electrons. The molecule has 6 unspecified atom stereocenters. The molecule has 0 radical (unpaired) electrons. The minimum absolute atomic E-state index is 0.128. The summed E-state index contributed by atoms with van der Waals surface area (Å²) >= 11 is 0. The van der Waals surface area contributed by atoms with Crippen molar-refractivity contribution < 1.29 is 77.3 Å². The van der Waals surface area contributed by atoms with Crippen molar-refractivity contribution in [3.63, 3.8) is 0 Å². The normalized spacial score (nSPS) is 43.3. The Labute approximate surface area is 258 Å². The highest BCUT2D eigenvalue weighted by Crippen LogP contribution is 2.37. The van der Waals surface area contributed by atoms with Crippen LogP contribution in [-0.2, 0) is 56.8 Å². The van der Waals surface area contributed by atoms with Gasteiger partial charge in [0.1, 0.15) is 54.9 Å². The van der Waals surface area contributed by atoms with E-state index in [0.717, 1.165) is 0 Å². The predicted molar refractivity (Wildman–Crippen MR) is 149 cm³/mol. The van der Waals surface area contributed by atoms with Crippen LogP contribution in [0.15, 0.2) is 0 Å². The molecular weight excluding hydrogens is 592 g/mol. The summed E-state index contributed by atoms with van der Waals surface area (Å²) in [5.41, 5.74) is 0. The van der Waals surface area contributed by atoms with Gasteiger partial charge in [0.05, 0.1) is 18.3 Å². The zero-order valence-electron chi connectivity index (χ0n) is 26.6. The Bertz CT molecular complexity index is 795. The Morgan fingerprint density at radius 1 is 0.409 bits per heavy atom. The maximum absolute atomic E-state index is 10.8. The number of hydrogen-bond acceptors (Lipinski definition) is 16. The van der Waals surface area contributed by atoms with Gasteiger partial charge in [-0.15, -0.1) is 0 Å². The van der Waals surface area contributed by atoms with Crippen molar-refractivity contribution in [1.29, 1.82) is 0 Å². The van der Waals surface area contributed by atoms with Crippen molar-refractivity contribution in [2.45, 2.75) is 111 Å². The molecule has 0 aromatic heterocycles. The maximum Gasteiger partial charge on any atom is 0.187 e. The number of aliphatic hydroxyl groups excluding tert-OH is 4. The predicted octanol–water partition coefficient (Wildman–Crippen LogP) is -1.82. The topological polar surface area (TPSA) is 192 Å². The van der Waals surface area contributed by atoms with Crippen LogP contribution >= 0.6 is 0 Å². The molecule has 0 spiro atoms. The van der Waals surface area contributed by atoms with Gasteiger partial charge in [0.2, 0.25) is 0 Å². The summed E-state index contributed by atoms with van der Waals surface area (Å²) in [5.74, 6) is 0. The van der Waals surface area contributed by atoms with Gasteiger partial charge >= 0.3 is 0 Å². The molecule has 4 N–H and O–H groups in total. The van der Waals surface area contributed by atoms with Crippen molar-refractivity contribution in [1.82, 2.24) is 0 Å². The van der Waals surface area contributed by atoms with Gasteiger partial charge in [-0.3, -0.25) is 0 Å². The molecule has 3 aliphatic rings. The molecule has 15 atom stereocenters. The summed E-state index contributed by atoms with van der Waals surface area (Å²) in [5, 5.41) is 40.1. The van der Waals surface area contributed by atoms with Gasteiger partial charge in [-0.2, -0.15) is 0 Å². The molecular formula is C28H52O16. The largest absolute Gasteiger partial charge is 0.396 e. The zero-order valence-corrected chi connectivity index (χ0v) is 26.6. The van der Waals surface area contributed by atoms with E-state index in [4.69, 9.17) is 56.8 Å². The summed E-state index contributed by atoms with van der Waals surface area (Å²) < 4.78 is 71.4. The van der Waals surface area contributed by atoms with Crippen LogP contribution in [0.1, 0.15) is 19.3 Å². The Morgan fingerprint density at radius 3 is 1.14 bits per heavy atom. The quantitative estimate of drug-likeness (QED) is 0.138. The minimum Gasteiger partial charge on any atom is -0.396 e. The van der Waals surface area contributed by atoms with Crippen molar-refractivity contribution in [2.24, 2.45) is 0 Å². The lowest BCUT2D eigenvalue weighted by Gasteiger charge is -2.51. The van der Waals surface area contributed by atoms with Gasteiger partial charge in [0.25, 0.3) is 0 Å². The third-order valence-electron chi connectivity index (χ3n) is 8.49. The minimum atomic E-state index is -1.08. The number of rotatable bonds is 17. The van der Waals surface area contributed by atoms with Gasteiger partial charge in [0, 0.05) is 69.6 Å². The molecule has 44 heavy (non-hydrogen) atoms. The van der Waals surface area contributed by atoms with E-state index < -0.39 is 92.1 Å². The van der Waals surface area contributed by atoms with Crippen molar-refractivity contribution in [2.75, 3.05) is 69.6 Å². The highest BCUT2D eigenvalue weighted by molar-refractivity contribution is 4.98. The van der Waals surface area contributed by atoms with Crippen LogP contribution in [0.5, 0.6) is 0 Å². The third kappa shape index (κ3) is 8.25. The third-order valence-corrected chi connectivity index (χ3v) is 8.49. The SMILES string of the molecule is COC1[C@@H](O[C@H]2C(CCO)O[C@@H](O[C@H]3C(CCO)O[C@@H](OC)C(OC)[C@@H]3OC)C(OC)[C@@H]2OC)OC(CCO)[C@H](O)[C@H]1OC. The fourth-order valence-corrected chi connectivity index (χ4v) is 6.33. The number of aliphatic hydroxyl groups is 4. The second-order valence-corrected chi connectivity index (χ2v) is 10.8. The number of ether oxygens (including phenoxy) is 12. The lowest BCUT2D eigenvalue weighted by molar-refractivity contribution is -0.382. The summed E-state index contributed by atoms with van der Waals surface area (Å²) in [4.78, 5) is 0. The first-order valence-corrected chi connectivity index (χ1v) is 14.8. The smallest absolute Gasteiger partial charge is 0.187 e. The first kappa shape index (κ1) is 37.8. The molecule has 3 rings (SSSR count). The molecule has 0 aromatic carbocycles. The zero-order chi connectivity index (χ0) is 32.4. The second-order valence-electron chi connectivity index (χ2n) is 10.8.